The number of piperidine rings is 1. The van der Waals surface area contributed by atoms with E-state index in [1.807, 2.05) is 43.0 Å². The first-order valence-corrected chi connectivity index (χ1v) is 9.67. The van der Waals surface area contributed by atoms with Crippen molar-refractivity contribution in [1.29, 1.82) is 0 Å². The van der Waals surface area contributed by atoms with Crippen LogP contribution in [0.15, 0.2) is 30.5 Å². The van der Waals surface area contributed by atoms with Crippen molar-refractivity contribution in [3.05, 3.63) is 47.5 Å². The number of imidazole rings is 1. The number of nitrogens with zero attached hydrogens (tertiary/aromatic N) is 6. The van der Waals surface area contributed by atoms with Crippen molar-refractivity contribution in [2.45, 2.75) is 25.7 Å². The van der Waals surface area contributed by atoms with Crippen molar-refractivity contribution in [3.63, 3.8) is 0 Å². The number of likely N-dealkylation sites (tertiary alicyclic amines) is 1. The molecule has 0 spiro atoms. The first-order valence-electron chi connectivity index (χ1n) is 9.67. The standard InChI is InChI=1S/C21H26N6O/c1-14-16(13-22-21(23-14)25(2)3)20(28)27-11-9-15(10-12-27)19-24-17-7-5-6-8-18(17)26(19)4/h5-8,13,15H,9-12H2,1-4H3. The van der Waals surface area contributed by atoms with Gasteiger partial charge in [-0.15, -0.1) is 0 Å². The summed E-state index contributed by atoms with van der Waals surface area (Å²) < 4.78 is 2.19. The molecule has 7 nitrogen and oxygen atoms in total. The molecule has 7 heteroatoms. The van der Waals surface area contributed by atoms with E-state index in [1.165, 1.54) is 0 Å². The van der Waals surface area contributed by atoms with E-state index in [4.69, 9.17) is 4.98 Å². The molecule has 3 aromatic rings. The second-order valence-electron chi connectivity index (χ2n) is 7.65. The van der Waals surface area contributed by atoms with Crippen LogP contribution in [0.2, 0.25) is 0 Å². The van der Waals surface area contributed by atoms with Crippen LogP contribution in [0.25, 0.3) is 11.0 Å². The minimum atomic E-state index is 0.0197. The maximum atomic E-state index is 13.0. The molecule has 0 N–H and O–H groups in total. The Morgan fingerprint density at radius 1 is 1.14 bits per heavy atom. The first-order chi connectivity index (χ1) is 13.5. The van der Waals surface area contributed by atoms with Crippen molar-refractivity contribution in [1.82, 2.24) is 24.4 Å². The molecule has 28 heavy (non-hydrogen) atoms. The Kier molecular flexibility index (Phi) is 4.75. The molecule has 1 aromatic carbocycles. The summed E-state index contributed by atoms with van der Waals surface area (Å²) in [5.41, 5.74) is 3.50. The van der Waals surface area contributed by atoms with Gasteiger partial charge in [-0.05, 0) is 31.9 Å². The Balaban J connectivity index is 1.48. The number of hydrogen-bond acceptors (Lipinski definition) is 5. The molecule has 0 radical (unpaired) electrons. The Labute approximate surface area is 165 Å². The van der Waals surface area contributed by atoms with Crippen molar-refractivity contribution in [2.75, 3.05) is 32.1 Å². The second-order valence-corrected chi connectivity index (χ2v) is 7.65. The van der Waals surface area contributed by atoms with E-state index < -0.39 is 0 Å². The number of anilines is 1. The third kappa shape index (κ3) is 3.21. The lowest BCUT2D eigenvalue weighted by molar-refractivity contribution is 0.0709. The molecule has 0 saturated carbocycles. The molecular formula is C21H26N6O. The predicted molar refractivity (Wildman–Crippen MR) is 110 cm³/mol. The number of hydrogen-bond donors (Lipinski definition) is 0. The van der Waals surface area contributed by atoms with Crippen LogP contribution < -0.4 is 4.90 Å². The van der Waals surface area contributed by atoms with Crippen LogP contribution >= 0.6 is 0 Å². The van der Waals surface area contributed by atoms with Crippen molar-refractivity contribution in [3.8, 4) is 0 Å². The highest BCUT2D eigenvalue weighted by molar-refractivity contribution is 5.95. The molecule has 0 unspecified atom stereocenters. The Morgan fingerprint density at radius 2 is 1.86 bits per heavy atom. The molecule has 1 fully saturated rings. The SMILES string of the molecule is Cc1nc(N(C)C)ncc1C(=O)N1CCC(c2nc3ccccc3n2C)CC1. The summed E-state index contributed by atoms with van der Waals surface area (Å²) in [5, 5.41) is 0. The molecule has 3 heterocycles. The zero-order valence-corrected chi connectivity index (χ0v) is 16.9. The highest BCUT2D eigenvalue weighted by atomic mass is 16.2. The first kappa shape index (κ1) is 18.4. The van der Waals surface area contributed by atoms with Crippen molar-refractivity contribution >= 4 is 22.9 Å². The van der Waals surface area contributed by atoms with E-state index in [9.17, 15) is 4.79 Å². The molecule has 146 valence electrons. The monoisotopic (exact) mass is 378 g/mol. The average Bonchev–Trinajstić information content (AvgIpc) is 3.04. The molecule has 1 aliphatic heterocycles. The molecule has 1 aliphatic rings. The van der Waals surface area contributed by atoms with Crippen molar-refractivity contribution in [2.24, 2.45) is 7.05 Å². The van der Waals surface area contributed by atoms with Gasteiger partial charge in [0, 0.05) is 46.3 Å². The number of benzene rings is 1. The highest BCUT2D eigenvalue weighted by Gasteiger charge is 2.28. The minimum Gasteiger partial charge on any atom is -0.347 e. The molecule has 2 aromatic heterocycles. The number of para-hydroxylation sites is 2. The van der Waals surface area contributed by atoms with Crippen LogP contribution in [0.5, 0.6) is 0 Å². The van der Waals surface area contributed by atoms with Crippen LogP contribution in [0, 0.1) is 6.92 Å². The van der Waals surface area contributed by atoms with Gasteiger partial charge in [-0.3, -0.25) is 4.79 Å². The summed E-state index contributed by atoms with van der Waals surface area (Å²) in [6.45, 7) is 3.32. The van der Waals surface area contributed by atoms with Crippen LogP contribution in [-0.2, 0) is 7.05 Å². The number of amides is 1. The van der Waals surface area contributed by atoms with E-state index in [-0.39, 0.29) is 5.91 Å². The Hall–Kier alpha value is -2.96. The summed E-state index contributed by atoms with van der Waals surface area (Å²) >= 11 is 0. The van der Waals surface area contributed by atoms with E-state index in [1.54, 1.807) is 6.20 Å². The largest absolute Gasteiger partial charge is 0.347 e. The van der Waals surface area contributed by atoms with E-state index in [2.05, 4.69) is 33.7 Å². The van der Waals surface area contributed by atoms with Crippen LogP contribution in [-0.4, -0.2) is 57.5 Å². The Bertz CT molecular complexity index is 1020. The lowest BCUT2D eigenvalue weighted by Gasteiger charge is -2.32. The van der Waals surface area contributed by atoms with Gasteiger partial charge in [0.2, 0.25) is 5.95 Å². The minimum absolute atomic E-state index is 0.0197. The van der Waals surface area contributed by atoms with Gasteiger partial charge < -0.3 is 14.4 Å². The quantitative estimate of drug-likeness (QED) is 0.701. The van der Waals surface area contributed by atoms with Gasteiger partial charge in [-0.1, -0.05) is 12.1 Å². The summed E-state index contributed by atoms with van der Waals surface area (Å²) in [6.07, 6.45) is 3.48. The number of rotatable bonds is 3. The van der Waals surface area contributed by atoms with E-state index in [0.717, 1.165) is 48.5 Å². The third-order valence-electron chi connectivity index (χ3n) is 5.57. The van der Waals surface area contributed by atoms with Crippen LogP contribution in [0.4, 0.5) is 5.95 Å². The normalized spacial score (nSPS) is 15.2. The lowest BCUT2D eigenvalue weighted by Crippen LogP contribution is -2.38. The van der Waals surface area contributed by atoms with Gasteiger partial charge in [-0.25, -0.2) is 15.0 Å². The molecule has 0 aliphatic carbocycles. The zero-order valence-electron chi connectivity index (χ0n) is 16.9. The number of aryl methyl sites for hydroxylation is 2. The highest BCUT2D eigenvalue weighted by Crippen LogP contribution is 2.30. The summed E-state index contributed by atoms with van der Waals surface area (Å²) in [5.74, 6) is 2.12. The van der Waals surface area contributed by atoms with Crippen LogP contribution in [0.1, 0.15) is 40.6 Å². The molecular weight excluding hydrogens is 352 g/mol. The number of fused-ring (bicyclic) bond motifs is 1. The maximum Gasteiger partial charge on any atom is 0.257 e. The summed E-state index contributed by atoms with van der Waals surface area (Å²) in [7, 11) is 5.86. The summed E-state index contributed by atoms with van der Waals surface area (Å²) in [4.78, 5) is 30.3. The molecule has 0 bridgehead atoms. The third-order valence-corrected chi connectivity index (χ3v) is 5.57. The molecule has 4 rings (SSSR count). The topological polar surface area (TPSA) is 67.2 Å². The van der Waals surface area contributed by atoms with E-state index in [0.29, 0.717) is 17.4 Å². The molecule has 1 amide bonds. The average molecular weight is 378 g/mol. The van der Waals surface area contributed by atoms with Gasteiger partial charge >= 0.3 is 0 Å². The smallest absolute Gasteiger partial charge is 0.257 e. The molecule has 0 atom stereocenters. The van der Waals surface area contributed by atoms with E-state index >= 15 is 0 Å². The predicted octanol–water partition coefficient (Wildman–Crippen LogP) is 2.76. The molecule has 1 saturated heterocycles. The van der Waals surface area contributed by atoms with Gasteiger partial charge in [0.25, 0.3) is 5.91 Å². The lowest BCUT2D eigenvalue weighted by atomic mass is 9.95. The number of aromatic nitrogens is 4. The Morgan fingerprint density at radius 3 is 2.50 bits per heavy atom. The van der Waals surface area contributed by atoms with Crippen LogP contribution in [0.3, 0.4) is 0 Å². The zero-order chi connectivity index (χ0) is 19.8. The summed E-state index contributed by atoms with van der Waals surface area (Å²) in [6, 6.07) is 8.22. The van der Waals surface area contributed by atoms with Gasteiger partial charge in [0.1, 0.15) is 5.82 Å². The number of carbonyl (C=O) groups excluding carboxylic acids is 1. The fourth-order valence-corrected chi connectivity index (χ4v) is 3.92. The second kappa shape index (κ2) is 7.22. The van der Waals surface area contributed by atoms with Gasteiger partial charge in [-0.2, -0.15) is 0 Å². The van der Waals surface area contributed by atoms with Gasteiger partial charge in [0.15, 0.2) is 0 Å². The maximum absolute atomic E-state index is 13.0. The fraction of sp³-hybridized carbons (Fsp3) is 0.429. The van der Waals surface area contributed by atoms with Gasteiger partial charge in [0.05, 0.1) is 22.3 Å². The number of carbonyl (C=O) groups is 1. The fourth-order valence-electron chi connectivity index (χ4n) is 3.92. The van der Waals surface area contributed by atoms with Crippen molar-refractivity contribution < 1.29 is 4.79 Å².